The minimum absolute atomic E-state index is 0.0242. The van der Waals surface area contributed by atoms with E-state index in [1.54, 1.807) is 0 Å². The first kappa shape index (κ1) is 18.0. The Morgan fingerprint density at radius 2 is 1.86 bits per heavy atom. The minimum Gasteiger partial charge on any atom is -0.481 e. The maximum Gasteiger partial charge on any atom is 0.305 e. The highest BCUT2D eigenvalue weighted by molar-refractivity contribution is 5.79. The normalized spacial score (nSPS) is 22.8. The van der Waals surface area contributed by atoms with Gasteiger partial charge in [0.25, 0.3) is 0 Å². The Labute approximate surface area is 127 Å². The predicted octanol–water partition coefficient (Wildman–Crippen LogP) is 2.73. The van der Waals surface area contributed by atoms with Gasteiger partial charge in [-0.2, -0.15) is 0 Å². The number of hydrogen-bond donors (Lipinski definition) is 2. The molecule has 122 valence electrons. The second-order valence-electron chi connectivity index (χ2n) is 6.22. The molecule has 2 unspecified atom stereocenters. The van der Waals surface area contributed by atoms with E-state index in [0.717, 1.165) is 19.3 Å². The Hall–Kier alpha value is -1.10. The van der Waals surface area contributed by atoms with Gasteiger partial charge in [0.15, 0.2) is 0 Å². The van der Waals surface area contributed by atoms with Crippen LogP contribution in [0.4, 0.5) is 0 Å². The molecule has 0 bridgehead atoms. The van der Waals surface area contributed by atoms with Crippen molar-refractivity contribution in [2.45, 2.75) is 77.4 Å². The molecule has 5 heteroatoms. The summed E-state index contributed by atoms with van der Waals surface area (Å²) in [5.41, 5.74) is -0.662. The fourth-order valence-electron chi connectivity index (χ4n) is 3.05. The van der Waals surface area contributed by atoms with E-state index in [9.17, 15) is 9.59 Å². The first-order chi connectivity index (χ1) is 9.92. The third-order valence-electron chi connectivity index (χ3n) is 4.71. The molecule has 0 aliphatic heterocycles. The van der Waals surface area contributed by atoms with Gasteiger partial charge in [0.2, 0.25) is 5.91 Å². The topological polar surface area (TPSA) is 75.6 Å². The van der Waals surface area contributed by atoms with Crippen molar-refractivity contribution >= 4 is 11.9 Å². The first-order valence-electron chi connectivity index (χ1n) is 8.07. The van der Waals surface area contributed by atoms with E-state index in [1.807, 2.05) is 13.8 Å². The van der Waals surface area contributed by atoms with Crippen LogP contribution in [0.3, 0.4) is 0 Å². The van der Waals surface area contributed by atoms with Gasteiger partial charge >= 0.3 is 5.97 Å². The van der Waals surface area contributed by atoms with Crippen molar-refractivity contribution in [1.29, 1.82) is 0 Å². The maximum atomic E-state index is 12.1. The summed E-state index contributed by atoms with van der Waals surface area (Å²) in [5.74, 6) is -0.605. The standard InChI is InChI=1S/C16H29NO4/c1-4-16(5-2,10-15(19)20)17-14(18)11-21-13-9-7-6-8-12(13)3/h12-13H,4-11H2,1-3H3,(H,17,18)(H,19,20). The van der Waals surface area contributed by atoms with E-state index in [4.69, 9.17) is 9.84 Å². The van der Waals surface area contributed by atoms with Gasteiger partial charge in [-0.05, 0) is 31.6 Å². The van der Waals surface area contributed by atoms with Crippen LogP contribution in [-0.4, -0.2) is 35.2 Å². The Kier molecular flexibility index (Phi) is 7.15. The molecular formula is C16H29NO4. The monoisotopic (exact) mass is 299 g/mol. The van der Waals surface area contributed by atoms with Crippen molar-refractivity contribution in [3.63, 3.8) is 0 Å². The van der Waals surface area contributed by atoms with Crippen LogP contribution < -0.4 is 5.32 Å². The predicted molar refractivity (Wildman–Crippen MR) is 81.1 cm³/mol. The number of hydrogen-bond acceptors (Lipinski definition) is 3. The molecule has 0 saturated heterocycles. The van der Waals surface area contributed by atoms with E-state index in [-0.39, 0.29) is 25.0 Å². The molecule has 1 aliphatic carbocycles. The SMILES string of the molecule is CCC(CC)(CC(=O)O)NC(=O)COC1CCCCC1C. The second-order valence-corrected chi connectivity index (χ2v) is 6.22. The van der Waals surface area contributed by atoms with E-state index in [0.29, 0.717) is 18.8 Å². The number of carboxylic acid groups (broad SMARTS) is 1. The molecular weight excluding hydrogens is 270 g/mol. The Morgan fingerprint density at radius 3 is 2.38 bits per heavy atom. The van der Waals surface area contributed by atoms with Crippen molar-refractivity contribution in [3.8, 4) is 0 Å². The lowest BCUT2D eigenvalue weighted by atomic mass is 9.88. The molecule has 1 amide bonds. The lowest BCUT2D eigenvalue weighted by Gasteiger charge is -2.32. The van der Waals surface area contributed by atoms with Crippen molar-refractivity contribution in [2.75, 3.05) is 6.61 Å². The highest BCUT2D eigenvalue weighted by atomic mass is 16.5. The molecule has 2 atom stereocenters. The maximum absolute atomic E-state index is 12.1. The molecule has 0 spiro atoms. The van der Waals surface area contributed by atoms with Crippen molar-refractivity contribution in [2.24, 2.45) is 5.92 Å². The number of aliphatic carboxylic acids is 1. The van der Waals surface area contributed by atoms with Gasteiger partial charge in [-0.25, -0.2) is 0 Å². The van der Waals surface area contributed by atoms with Gasteiger partial charge < -0.3 is 15.2 Å². The number of carbonyl (C=O) groups is 2. The number of nitrogens with one attached hydrogen (secondary N) is 1. The molecule has 0 aromatic heterocycles. The van der Waals surface area contributed by atoms with Gasteiger partial charge in [-0.3, -0.25) is 9.59 Å². The van der Waals surface area contributed by atoms with Crippen molar-refractivity contribution in [1.82, 2.24) is 5.32 Å². The van der Waals surface area contributed by atoms with Gasteiger partial charge in [0, 0.05) is 0 Å². The number of ether oxygens (including phenoxy) is 1. The lowest BCUT2D eigenvalue weighted by molar-refractivity contribution is -0.140. The first-order valence-corrected chi connectivity index (χ1v) is 8.07. The molecule has 1 fully saturated rings. The Bertz CT molecular complexity index is 352. The summed E-state index contributed by atoms with van der Waals surface area (Å²) in [5, 5.41) is 11.9. The summed E-state index contributed by atoms with van der Waals surface area (Å²) in [4.78, 5) is 23.1. The summed E-state index contributed by atoms with van der Waals surface area (Å²) in [7, 11) is 0. The molecule has 5 nitrogen and oxygen atoms in total. The van der Waals surface area contributed by atoms with Crippen LogP contribution >= 0.6 is 0 Å². The summed E-state index contributed by atoms with van der Waals surface area (Å²) >= 11 is 0. The van der Waals surface area contributed by atoms with Crippen molar-refractivity contribution in [3.05, 3.63) is 0 Å². The van der Waals surface area contributed by atoms with Gasteiger partial charge in [0.1, 0.15) is 6.61 Å². The van der Waals surface area contributed by atoms with Crippen LogP contribution in [0.15, 0.2) is 0 Å². The Morgan fingerprint density at radius 1 is 1.24 bits per heavy atom. The van der Waals surface area contributed by atoms with Gasteiger partial charge in [0.05, 0.1) is 18.1 Å². The van der Waals surface area contributed by atoms with E-state index in [2.05, 4.69) is 12.2 Å². The average Bonchev–Trinajstić information content (AvgIpc) is 2.45. The third-order valence-corrected chi connectivity index (χ3v) is 4.71. The largest absolute Gasteiger partial charge is 0.481 e. The van der Waals surface area contributed by atoms with Crippen LogP contribution in [0.1, 0.15) is 65.7 Å². The molecule has 1 rings (SSSR count). The summed E-state index contributed by atoms with van der Waals surface area (Å²) < 4.78 is 5.74. The molecule has 2 N–H and O–H groups in total. The van der Waals surface area contributed by atoms with Crippen LogP contribution in [0, 0.1) is 5.92 Å². The van der Waals surface area contributed by atoms with Crippen LogP contribution in [0.5, 0.6) is 0 Å². The minimum atomic E-state index is -0.888. The summed E-state index contributed by atoms with van der Waals surface area (Å²) in [6.07, 6.45) is 5.86. The van der Waals surface area contributed by atoms with Gasteiger partial charge in [-0.15, -0.1) is 0 Å². The highest BCUT2D eigenvalue weighted by Crippen LogP contribution is 2.26. The molecule has 21 heavy (non-hydrogen) atoms. The van der Waals surface area contributed by atoms with Crippen LogP contribution in [-0.2, 0) is 14.3 Å². The lowest BCUT2D eigenvalue weighted by Crippen LogP contribution is -2.50. The van der Waals surface area contributed by atoms with Crippen LogP contribution in [0.2, 0.25) is 0 Å². The Balaban J connectivity index is 2.48. The zero-order valence-electron chi connectivity index (χ0n) is 13.5. The number of amides is 1. The van der Waals surface area contributed by atoms with Crippen molar-refractivity contribution < 1.29 is 19.4 Å². The zero-order chi connectivity index (χ0) is 15.9. The smallest absolute Gasteiger partial charge is 0.305 e. The van der Waals surface area contributed by atoms with E-state index in [1.165, 1.54) is 6.42 Å². The number of carboxylic acids is 1. The molecule has 0 aromatic carbocycles. The molecule has 0 heterocycles. The molecule has 1 aliphatic rings. The number of carbonyl (C=O) groups excluding carboxylic acids is 1. The molecule has 0 aromatic rings. The summed E-state index contributed by atoms with van der Waals surface area (Å²) in [6, 6.07) is 0. The van der Waals surface area contributed by atoms with Gasteiger partial charge in [-0.1, -0.05) is 33.6 Å². The second kappa shape index (κ2) is 8.37. The zero-order valence-corrected chi connectivity index (χ0v) is 13.5. The fourth-order valence-corrected chi connectivity index (χ4v) is 3.05. The number of rotatable bonds is 8. The quantitative estimate of drug-likeness (QED) is 0.722. The molecule has 0 radical (unpaired) electrons. The molecule has 1 saturated carbocycles. The average molecular weight is 299 g/mol. The third kappa shape index (κ3) is 5.65. The highest BCUT2D eigenvalue weighted by Gasteiger charge is 2.31. The summed E-state index contributed by atoms with van der Waals surface area (Å²) in [6.45, 7) is 5.98. The van der Waals surface area contributed by atoms with Crippen LogP contribution in [0.25, 0.3) is 0 Å². The fraction of sp³-hybridized carbons (Fsp3) is 0.875. The van der Waals surface area contributed by atoms with E-state index < -0.39 is 11.5 Å². The van der Waals surface area contributed by atoms with E-state index >= 15 is 0 Å².